The second-order valence-electron chi connectivity index (χ2n) is 9.52. The van der Waals surface area contributed by atoms with Crippen LogP contribution in [0, 0.1) is 5.82 Å². The Morgan fingerprint density at radius 1 is 1.13 bits per heavy atom. The van der Waals surface area contributed by atoms with Crippen molar-refractivity contribution in [1.29, 1.82) is 0 Å². The topological polar surface area (TPSA) is 107 Å². The van der Waals surface area contributed by atoms with Crippen LogP contribution in [0.4, 0.5) is 27.4 Å². The number of hydrogen-bond donors (Lipinski definition) is 3. The monoisotopic (exact) mass is 527 g/mol. The summed E-state index contributed by atoms with van der Waals surface area (Å²) in [5, 5.41) is 16.3. The molecule has 1 aliphatic heterocycles. The minimum Gasteiger partial charge on any atom is -0.392 e. The van der Waals surface area contributed by atoms with Crippen LogP contribution in [0.15, 0.2) is 73.7 Å². The number of aliphatic hydroxyl groups excluding tert-OH is 1. The molecule has 0 saturated carbocycles. The molecule has 5 rings (SSSR count). The molecule has 4 aromatic rings. The Morgan fingerprint density at radius 3 is 2.69 bits per heavy atom. The molecule has 1 atom stereocenters. The number of pyridine rings is 1. The summed E-state index contributed by atoms with van der Waals surface area (Å²) < 4.78 is 15.1. The van der Waals surface area contributed by atoms with Crippen molar-refractivity contribution in [3.05, 3.63) is 79.5 Å². The summed E-state index contributed by atoms with van der Waals surface area (Å²) in [5.74, 6) is -0.314. The fourth-order valence-corrected chi connectivity index (χ4v) is 4.71. The lowest BCUT2D eigenvalue weighted by atomic mass is 10.0. The first-order chi connectivity index (χ1) is 18.9. The molecule has 2 aromatic carbocycles. The first-order valence-corrected chi connectivity index (χ1v) is 12.8. The Hall–Kier alpha value is -4.41. The molecule has 0 radical (unpaired) electrons. The number of nitrogens with one attached hydrogen (secondary N) is 2. The van der Waals surface area contributed by atoms with Crippen molar-refractivity contribution in [3.63, 3.8) is 0 Å². The van der Waals surface area contributed by atoms with E-state index in [0.29, 0.717) is 48.2 Å². The fourth-order valence-electron chi connectivity index (χ4n) is 4.71. The van der Waals surface area contributed by atoms with Gasteiger partial charge in [-0.25, -0.2) is 14.4 Å². The number of halogens is 1. The molecule has 1 saturated heterocycles. The lowest BCUT2D eigenvalue weighted by Crippen LogP contribution is -2.48. The largest absolute Gasteiger partial charge is 0.392 e. The summed E-state index contributed by atoms with van der Waals surface area (Å²) in [5.41, 5.74) is 3.91. The van der Waals surface area contributed by atoms with Gasteiger partial charge in [0, 0.05) is 67.3 Å². The van der Waals surface area contributed by atoms with Crippen molar-refractivity contribution in [1.82, 2.24) is 19.9 Å². The van der Waals surface area contributed by atoms with Crippen LogP contribution < -0.4 is 15.5 Å². The van der Waals surface area contributed by atoms with E-state index in [-0.39, 0.29) is 17.8 Å². The van der Waals surface area contributed by atoms with Crippen LogP contribution in [0.25, 0.3) is 22.0 Å². The molecular weight excluding hydrogens is 497 g/mol. The van der Waals surface area contributed by atoms with Gasteiger partial charge in [-0.3, -0.25) is 14.7 Å². The van der Waals surface area contributed by atoms with Crippen molar-refractivity contribution in [2.75, 3.05) is 48.3 Å². The van der Waals surface area contributed by atoms with Crippen molar-refractivity contribution < 1.29 is 14.3 Å². The zero-order valence-corrected chi connectivity index (χ0v) is 21.6. The van der Waals surface area contributed by atoms with Gasteiger partial charge in [-0.2, -0.15) is 0 Å². The van der Waals surface area contributed by atoms with Crippen molar-refractivity contribution in [3.8, 4) is 11.1 Å². The molecule has 2 aromatic heterocycles. The Kier molecular flexibility index (Phi) is 7.76. The summed E-state index contributed by atoms with van der Waals surface area (Å²) in [4.78, 5) is 29.3. The number of amides is 1. The lowest BCUT2D eigenvalue weighted by Gasteiger charge is -2.36. The van der Waals surface area contributed by atoms with E-state index in [4.69, 9.17) is 4.98 Å². The van der Waals surface area contributed by atoms with Crippen LogP contribution in [0.2, 0.25) is 0 Å². The van der Waals surface area contributed by atoms with Gasteiger partial charge in [-0.05, 0) is 37.3 Å². The average molecular weight is 528 g/mol. The van der Waals surface area contributed by atoms with Gasteiger partial charge in [0.1, 0.15) is 5.82 Å². The third kappa shape index (κ3) is 6.19. The zero-order chi connectivity index (χ0) is 27.4. The van der Waals surface area contributed by atoms with Crippen LogP contribution in [0.3, 0.4) is 0 Å². The highest BCUT2D eigenvalue weighted by Gasteiger charge is 2.20. The summed E-state index contributed by atoms with van der Waals surface area (Å²) in [6.45, 7) is 8.82. The van der Waals surface area contributed by atoms with Gasteiger partial charge < -0.3 is 20.6 Å². The molecule has 0 aliphatic carbocycles. The molecular formula is C29H30FN7O2. The maximum atomic E-state index is 15.1. The van der Waals surface area contributed by atoms with Crippen molar-refractivity contribution in [2.45, 2.75) is 13.0 Å². The normalized spacial score (nSPS) is 14.7. The number of carbonyl (C=O) groups is 1. The van der Waals surface area contributed by atoms with Gasteiger partial charge >= 0.3 is 0 Å². The van der Waals surface area contributed by atoms with E-state index in [1.807, 2.05) is 35.2 Å². The lowest BCUT2D eigenvalue weighted by molar-refractivity contribution is -0.111. The number of benzene rings is 2. The van der Waals surface area contributed by atoms with Crippen molar-refractivity contribution >= 4 is 39.8 Å². The number of fused-ring (bicyclic) bond motifs is 1. The molecule has 1 fully saturated rings. The van der Waals surface area contributed by atoms with Gasteiger partial charge in [0.05, 0.1) is 29.2 Å². The third-order valence-corrected chi connectivity index (χ3v) is 6.55. The number of rotatable bonds is 8. The smallest absolute Gasteiger partial charge is 0.247 e. The highest BCUT2D eigenvalue weighted by molar-refractivity contribution is 6.00. The van der Waals surface area contributed by atoms with Gasteiger partial charge in [0.15, 0.2) is 0 Å². The van der Waals surface area contributed by atoms with Gasteiger partial charge in [-0.1, -0.05) is 24.8 Å². The number of hydrogen-bond acceptors (Lipinski definition) is 8. The summed E-state index contributed by atoms with van der Waals surface area (Å²) >= 11 is 0. The second-order valence-corrected chi connectivity index (χ2v) is 9.52. The molecule has 200 valence electrons. The number of aliphatic hydroxyl groups is 1. The maximum absolute atomic E-state index is 15.1. The molecule has 3 heterocycles. The maximum Gasteiger partial charge on any atom is 0.247 e. The Labute approximate surface area is 226 Å². The zero-order valence-electron chi connectivity index (χ0n) is 21.6. The molecule has 0 spiro atoms. The van der Waals surface area contributed by atoms with E-state index in [1.165, 1.54) is 12.1 Å². The van der Waals surface area contributed by atoms with Gasteiger partial charge in [-0.15, -0.1) is 0 Å². The standard InChI is InChI=1S/C29H30FN7O2/c1-3-27(39)33-23-13-21(15-31-17-23)24-6-4-5-20-16-32-29(35-28(20)24)34-22-7-8-26(25(30)14-22)37-11-9-36(10-12-37)18-19(2)38/h3-8,13-17,19,38H,1,9-12,18H2,2H3,(H,33,39)(H,32,34,35). The Bertz CT molecular complexity index is 1500. The van der Waals surface area contributed by atoms with E-state index in [9.17, 15) is 9.90 Å². The minimum atomic E-state index is -0.376. The van der Waals surface area contributed by atoms with E-state index >= 15 is 4.39 Å². The number of nitrogens with zero attached hydrogens (tertiary/aromatic N) is 5. The molecule has 1 aliphatic rings. The van der Waals surface area contributed by atoms with E-state index < -0.39 is 0 Å². The predicted octanol–water partition coefficient (Wildman–Crippen LogP) is 4.20. The molecule has 1 unspecified atom stereocenters. The number of anilines is 4. The van der Waals surface area contributed by atoms with Crippen LogP contribution in [0.1, 0.15) is 6.92 Å². The number of β-amino-alcohol motifs (C(OH)–C–C–N with tert-alkyl or cyclic N) is 1. The molecule has 1 amide bonds. The van der Waals surface area contributed by atoms with Crippen LogP contribution in [-0.4, -0.2) is 69.7 Å². The average Bonchev–Trinajstić information content (AvgIpc) is 2.93. The first-order valence-electron chi connectivity index (χ1n) is 12.8. The predicted molar refractivity (Wildman–Crippen MR) is 152 cm³/mol. The fraction of sp³-hybridized carbons (Fsp3) is 0.241. The summed E-state index contributed by atoms with van der Waals surface area (Å²) in [6, 6.07) is 12.6. The first kappa shape index (κ1) is 26.2. The van der Waals surface area contributed by atoms with E-state index in [0.717, 1.165) is 29.6 Å². The number of para-hydroxylation sites is 1. The van der Waals surface area contributed by atoms with Crippen LogP contribution >= 0.6 is 0 Å². The summed E-state index contributed by atoms with van der Waals surface area (Å²) in [6.07, 6.45) is 5.80. The van der Waals surface area contributed by atoms with E-state index in [1.54, 1.807) is 31.6 Å². The number of piperazine rings is 1. The summed E-state index contributed by atoms with van der Waals surface area (Å²) in [7, 11) is 0. The molecule has 10 heteroatoms. The Morgan fingerprint density at radius 2 is 1.95 bits per heavy atom. The van der Waals surface area contributed by atoms with Crippen LogP contribution in [0.5, 0.6) is 0 Å². The molecule has 0 bridgehead atoms. The number of carbonyl (C=O) groups excluding carboxylic acids is 1. The van der Waals surface area contributed by atoms with Gasteiger partial charge in [0.2, 0.25) is 11.9 Å². The van der Waals surface area contributed by atoms with E-state index in [2.05, 4.69) is 32.1 Å². The highest BCUT2D eigenvalue weighted by Crippen LogP contribution is 2.30. The minimum absolute atomic E-state index is 0.322. The van der Waals surface area contributed by atoms with Gasteiger partial charge in [0.25, 0.3) is 0 Å². The molecule has 39 heavy (non-hydrogen) atoms. The van der Waals surface area contributed by atoms with Crippen molar-refractivity contribution in [2.24, 2.45) is 0 Å². The second kappa shape index (κ2) is 11.5. The number of aromatic nitrogens is 3. The molecule has 9 nitrogen and oxygen atoms in total. The quantitative estimate of drug-likeness (QED) is 0.293. The highest BCUT2D eigenvalue weighted by atomic mass is 19.1. The Balaban J connectivity index is 1.35. The molecule has 3 N–H and O–H groups in total. The van der Waals surface area contributed by atoms with Crippen LogP contribution in [-0.2, 0) is 4.79 Å². The SMILES string of the molecule is C=CC(=O)Nc1cncc(-c2cccc3cnc(Nc4ccc(N5CCN(CC(C)O)CC5)c(F)c4)nc23)c1. The third-order valence-electron chi connectivity index (χ3n) is 6.55.